The minimum atomic E-state index is -0.510. The Balaban J connectivity index is 1.36. The SMILES string of the molecule is Cc1noc(C)c1COc1cccc(C(=O)OCc2nc(-c3cccs3)no2)c1. The molecule has 3 heterocycles. The van der Waals surface area contributed by atoms with Crippen LogP contribution in [0.5, 0.6) is 5.75 Å². The van der Waals surface area contributed by atoms with Gasteiger partial charge in [-0.15, -0.1) is 11.3 Å². The van der Waals surface area contributed by atoms with Gasteiger partial charge >= 0.3 is 5.97 Å². The van der Waals surface area contributed by atoms with Gasteiger partial charge in [0.15, 0.2) is 6.61 Å². The Labute approximate surface area is 170 Å². The average molecular weight is 411 g/mol. The number of carbonyl (C=O) groups is 1. The second kappa shape index (κ2) is 8.27. The van der Waals surface area contributed by atoms with Crippen molar-refractivity contribution in [3.8, 4) is 16.5 Å². The summed E-state index contributed by atoms with van der Waals surface area (Å²) in [6, 6.07) is 10.5. The van der Waals surface area contributed by atoms with Gasteiger partial charge in [-0.05, 0) is 43.5 Å². The molecule has 8 nitrogen and oxygen atoms in total. The minimum Gasteiger partial charge on any atom is -0.489 e. The van der Waals surface area contributed by atoms with Gasteiger partial charge in [-0.1, -0.05) is 22.4 Å². The first-order chi connectivity index (χ1) is 14.1. The molecule has 4 aromatic rings. The Hall–Kier alpha value is -3.46. The van der Waals surface area contributed by atoms with E-state index in [0.717, 1.165) is 16.1 Å². The van der Waals surface area contributed by atoms with Crippen molar-refractivity contribution in [2.24, 2.45) is 0 Å². The zero-order valence-corrected chi connectivity index (χ0v) is 16.6. The van der Waals surface area contributed by atoms with Crippen LogP contribution in [-0.2, 0) is 18.0 Å². The van der Waals surface area contributed by atoms with Crippen LogP contribution in [0.1, 0.15) is 33.3 Å². The van der Waals surface area contributed by atoms with E-state index < -0.39 is 5.97 Å². The molecule has 0 saturated carbocycles. The van der Waals surface area contributed by atoms with Crippen LogP contribution in [0.4, 0.5) is 0 Å². The van der Waals surface area contributed by atoms with Crippen LogP contribution in [0.15, 0.2) is 50.8 Å². The third-order valence-electron chi connectivity index (χ3n) is 4.17. The third-order valence-corrected chi connectivity index (χ3v) is 5.04. The summed E-state index contributed by atoms with van der Waals surface area (Å²) in [6.45, 7) is 3.87. The van der Waals surface area contributed by atoms with Crippen LogP contribution in [0.25, 0.3) is 10.7 Å². The quantitative estimate of drug-likeness (QED) is 0.414. The van der Waals surface area contributed by atoms with E-state index in [1.165, 1.54) is 11.3 Å². The highest BCUT2D eigenvalue weighted by Gasteiger charge is 2.14. The van der Waals surface area contributed by atoms with Gasteiger partial charge in [-0.3, -0.25) is 0 Å². The number of esters is 1. The first-order valence-electron chi connectivity index (χ1n) is 8.78. The van der Waals surface area contributed by atoms with Gasteiger partial charge in [0.25, 0.3) is 5.89 Å². The summed E-state index contributed by atoms with van der Waals surface area (Å²) >= 11 is 1.50. The highest BCUT2D eigenvalue weighted by atomic mass is 32.1. The summed E-state index contributed by atoms with van der Waals surface area (Å²) < 4.78 is 21.3. The minimum absolute atomic E-state index is 0.110. The van der Waals surface area contributed by atoms with Gasteiger partial charge in [0, 0.05) is 0 Å². The van der Waals surface area contributed by atoms with E-state index in [0.29, 0.717) is 29.5 Å². The molecule has 0 aliphatic heterocycles. The zero-order valence-electron chi connectivity index (χ0n) is 15.7. The van der Waals surface area contributed by atoms with E-state index in [2.05, 4.69) is 15.3 Å². The summed E-state index contributed by atoms with van der Waals surface area (Å²) in [5, 5.41) is 9.71. The molecule has 0 atom stereocenters. The van der Waals surface area contributed by atoms with Crippen molar-refractivity contribution in [3.05, 3.63) is 70.3 Å². The van der Waals surface area contributed by atoms with Crippen molar-refractivity contribution >= 4 is 17.3 Å². The molecule has 0 aliphatic rings. The molecule has 1 aromatic carbocycles. The standard InChI is InChI=1S/C20H17N3O5S/c1-12-16(13(2)27-22-12)10-25-15-6-3-5-14(9-15)20(24)26-11-18-21-19(23-28-18)17-7-4-8-29-17/h3-9H,10-11H2,1-2H3. The molecule has 0 spiro atoms. The molecule has 0 aliphatic carbocycles. The molecule has 148 valence electrons. The maximum atomic E-state index is 12.4. The Morgan fingerprint density at radius 1 is 1.10 bits per heavy atom. The number of thiophene rings is 1. The predicted octanol–water partition coefficient (Wildman–Crippen LogP) is 4.34. The summed E-state index contributed by atoms with van der Waals surface area (Å²) in [6.07, 6.45) is 0. The molecular formula is C20H17N3O5S. The maximum absolute atomic E-state index is 12.4. The van der Waals surface area contributed by atoms with Gasteiger partial charge in [-0.25, -0.2) is 4.79 Å². The van der Waals surface area contributed by atoms with Crippen molar-refractivity contribution < 1.29 is 23.3 Å². The fourth-order valence-electron chi connectivity index (χ4n) is 2.61. The Bertz CT molecular complexity index is 1100. The lowest BCUT2D eigenvalue weighted by molar-refractivity contribution is 0.0429. The summed E-state index contributed by atoms with van der Waals surface area (Å²) in [7, 11) is 0. The molecular weight excluding hydrogens is 394 g/mol. The van der Waals surface area contributed by atoms with E-state index in [-0.39, 0.29) is 12.5 Å². The second-order valence-electron chi connectivity index (χ2n) is 6.18. The Morgan fingerprint density at radius 2 is 2.00 bits per heavy atom. The van der Waals surface area contributed by atoms with E-state index >= 15 is 0 Å². The monoisotopic (exact) mass is 411 g/mol. The molecule has 0 radical (unpaired) electrons. The Kier molecular flexibility index (Phi) is 5.39. The lowest BCUT2D eigenvalue weighted by Gasteiger charge is -2.07. The van der Waals surface area contributed by atoms with E-state index in [1.54, 1.807) is 24.3 Å². The van der Waals surface area contributed by atoms with Crippen LogP contribution in [0.2, 0.25) is 0 Å². The number of benzene rings is 1. The molecule has 0 fully saturated rings. The van der Waals surface area contributed by atoms with Crippen LogP contribution in [0, 0.1) is 13.8 Å². The number of carbonyl (C=O) groups excluding carboxylic acids is 1. The lowest BCUT2D eigenvalue weighted by atomic mass is 10.2. The van der Waals surface area contributed by atoms with Crippen LogP contribution in [-0.4, -0.2) is 21.3 Å². The smallest absolute Gasteiger partial charge is 0.338 e. The highest BCUT2D eigenvalue weighted by Crippen LogP contribution is 2.22. The molecule has 9 heteroatoms. The van der Waals surface area contributed by atoms with E-state index in [4.69, 9.17) is 18.5 Å². The number of rotatable bonds is 7. The van der Waals surface area contributed by atoms with E-state index in [1.807, 2.05) is 31.4 Å². The summed E-state index contributed by atoms with van der Waals surface area (Å²) in [4.78, 5) is 17.5. The van der Waals surface area contributed by atoms with E-state index in [9.17, 15) is 4.79 Å². The normalized spacial score (nSPS) is 10.8. The largest absolute Gasteiger partial charge is 0.489 e. The van der Waals surface area contributed by atoms with Gasteiger partial charge in [0.2, 0.25) is 5.82 Å². The molecule has 0 saturated heterocycles. The second-order valence-corrected chi connectivity index (χ2v) is 7.13. The van der Waals surface area contributed by atoms with Crippen molar-refractivity contribution in [1.82, 2.24) is 15.3 Å². The van der Waals surface area contributed by atoms with Crippen LogP contribution in [0.3, 0.4) is 0 Å². The lowest BCUT2D eigenvalue weighted by Crippen LogP contribution is -2.06. The Morgan fingerprint density at radius 3 is 2.76 bits per heavy atom. The van der Waals surface area contributed by atoms with Gasteiger partial charge in [0.05, 0.1) is 21.7 Å². The molecule has 0 N–H and O–H groups in total. The fourth-order valence-corrected chi connectivity index (χ4v) is 3.26. The first kappa shape index (κ1) is 18.9. The zero-order chi connectivity index (χ0) is 20.2. The first-order valence-corrected chi connectivity index (χ1v) is 9.66. The third kappa shape index (κ3) is 4.35. The number of hydrogen-bond donors (Lipinski definition) is 0. The molecule has 0 amide bonds. The van der Waals surface area contributed by atoms with Crippen LogP contribution >= 0.6 is 11.3 Å². The molecule has 4 rings (SSSR count). The van der Waals surface area contributed by atoms with Crippen molar-refractivity contribution in [2.75, 3.05) is 0 Å². The van der Waals surface area contributed by atoms with Gasteiger partial charge in [-0.2, -0.15) is 4.98 Å². The number of aryl methyl sites for hydroxylation is 2. The van der Waals surface area contributed by atoms with Crippen molar-refractivity contribution in [2.45, 2.75) is 27.1 Å². The highest BCUT2D eigenvalue weighted by molar-refractivity contribution is 7.13. The predicted molar refractivity (Wildman–Crippen MR) is 103 cm³/mol. The van der Waals surface area contributed by atoms with Gasteiger partial charge < -0.3 is 18.5 Å². The maximum Gasteiger partial charge on any atom is 0.338 e. The number of hydrogen-bond acceptors (Lipinski definition) is 9. The summed E-state index contributed by atoms with van der Waals surface area (Å²) in [5.41, 5.74) is 2.02. The van der Waals surface area contributed by atoms with Gasteiger partial charge in [0.1, 0.15) is 18.1 Å². The average Bonchev–Trinajstić information content (AvgIpc) is 3.47. The number of nitrogens with zero attached hydrogens (tertiary/aromatic N) is 3. The van der Waals surface area contributed by atoms with Crippen molar-refractivity contribution in [3.63, 3.8) is 0 Å². The number of ether oxygens (including phenoxy) is 2. The fraction of sp³-hybridized carbons (Fsp3) is 0.200. The molecule has 3 aromatic heterocycles. The summed E-state index contributed by atoms with van der Waals surface area (Å²) in [5.74, 6) is 1.44. The van der Waals surface area contributed by atoms with Crippen LogP contribution < -0.4 is 4.74 Å². The topological polar surface area (TPSA) is 100 Å². The van der Waals surface area contributed by atoms with Crippen molar-refractivity contribution in [1.29, 1.82) is 0 Å². The molecule has 0 unspecified atom stereocenters. The molecule has 0 bridgehead atoms. The molecule has 29 heavy (non-hydrogen) atoms. The number of aromatic nitrogens is 3.